The van der Waals surface area contributed by atoms with Crippen LogP contribution in [0.3, 0.4) is 0 Å². The van der Waals surface area contributed by atoms with Crippen molar-refractivity contribution in [1.29, 1.82) is 0 Å². The zero-order valence-electron chi connectivity index (χ0n) is 11.8. The van der Waals surface area contributed by atoms with E-state index in [9.17, 15) is 0 Å². The van der Waals surface area contributed by atoms with Gasteiger partial charge >= 0.3 is 0 Å². The molecular weight excluding hydrogens is 236 g/mol. The van der Waals surface area contributed by atoms with Crippen molar-refractivity contribution in [3.63, 3.8) is 0 Å². The van der Waals surface area contributed by atoms with Crippen molar-refractivity contribution in [2.24, 2.45) is 0 Å². The van der Waals surface area contributed by atoms with Crippen molar-refractivity contribution in [3.05, 3.63) is 29.5 Å². The molecule has 0 saturated heterocycles. The van der Waals surface area contributed by atoms with Crippen LogP contribution in [-0.2, 0) is 6.42 Å². The molecule has 102 valence electrons. The summed E-state index contributed by atoms with van der Waals surface area (Å²) < 4.78 is 5.36. The Balaban J connectivity index is 2.06. The van der Waals surface area contributed by atoms with Gasteiger partial charge in [-0.3, -0.25) is 0 Å². The lowest BCUT2D eigenvalue weighted by Gasteiger charge is -2.24. The Labute approximate surface area is 114 Å². The van der Waals surface area contributed by atoms with Gasteiger partial charge in [-0.05, 0) is 56.0 Å². The highest BCUT2D eigenvalue weighted by Crippen LogP contribution is 2.36. The normalized spacial score (nSPS) is 18.5. The highest BCUT2D eigenvalue weighted by Gasteiger charge is 2.24. The lowest BCUT2D eigenvalue weighted by molar-refractivity contribution is 0.415. The molecule has 1 unspecified atom stereocenters. The Hall–Kier alpha value is -1.48. The molecular formula is C16H22N2O. The second-order valence-electron chi connectivity index (χ2n) is 5.33. The van der Waals surface area contributed by atoms with E-state index in [4.69, 9.17) is 4.74 Å². The number of methoxy groups -OCH3 is 1. The molecule has 1 aromatic heterocycles. The summed E-state index contributed by atoms with van der Waals surface area (Å²) in [5.41, 5.74) is 4.10. The molecule has 3 rings (SSSR count). The van der Waals surface area contributed by atoms with Crippen LogP contribution in [-0.4, -0.2) is 18.6 Å². The van der Waals surface area contributed by atoms with Crippen molar-refractivity contribution >= 4 is 10.9 Å². The molecule has 3 heteroatoms. The zero-order valence-corrected chi connectivity index (χ0v) is 11.8. The minimum Gasteiger partial charge on any atom is -0.497 e. The Morgan fingerprint density at radius 2 is 2.32 bits per heavy atom. The summed E-state index contributed by atoms with van der Waals surface area (Å²) in [5.74, 6) is 0.939. The molecule has 1 aliphatic carbocycles. The highest BCUT2D eigenvalue weighted by molar-refractivity contribution is 5.86. The molecule has 0 spiro atoms. The number of fused-ring (bicyclic) bond motifs is 3. The van der Waals surface area contributed by atoms with E-state index in [1.165, 1.54) is 41.4 Å². The molecule has 19 heavy (non-hydrogen) atoms. The van der Waals surface area contributed by atoms with Crippen LogP contribution in [0.4, 0.5) is 0 Å². The zero-order chi connectivity index (χ0) is 13.2. The van der Waals surface area contributed by atoms with E-state index in [2.05, 4.69) is 29.4 Å². The van der Waals surface area contributed by atoms with Crippen LogP contribution in [0.2, 0.25) is 0 Å². The fourth-order valence-corrected chi connectivity index (χ4v) is 3.12. The van der Waals surface area contributed by atoms with E-state index in [-0.39, 0.29) is 0 Å². The van der Waals surface area contributed by atoms with Gasteiger partial charge in [-0.25, -0.2) is 0 Å². The maximum atomic E-state index is 5.36. The van der Waals surface area contributed by atoms with Gasteiger partial charge in [0.15, 0.2) is 0 Å². The molecule has 0 bridgehead atoms. The minimum atomic E-state index is 0.490. The summed E-state index contributed by atoms with van der Waals surface area (Å²) in [7, 11) is 1.73. The summed E-state index contributed by atoms with van der Waals surface area (Å²) >= 11 is 0. The van der Waals surface area contributed by atoms with E-state index in [1.807, 2.05) is 6.07 Å². The van der Waals surface area contributed by atoms with Gasteiger partial charge in [0.25, 0.3) is 0 Å². The number of aryl methyl sites for hydroxylation is 1. The first-order valence-electron chi connectivity index (χ1n) is 7.25. The van der Waals surface area contributed by atoms with Crippen LogP contribution in [0, 0.1) is 0 Å². The number of H-pyrrole nitrogens is 1. The third kappa shape index (κ3) is 2.23. The van der Waals surface area contributed by atoms with Crippen LogP contribution in [0.5, 0.6) is 5.75 Å². The monoisotopic (exact) mass is 258 g/mol. The maximum Gasteiger partial charge on any atom is 0.119 e. The third-order valence-electron chi connectivity index (χ3n) is 4.04. The van der Waals surface area contributed by atoms with E-state index < -0.39 is 0 Å². The molecule has 1 aliphatic rings. The molecule has 0 fully saturated rings. The summed E-state index contributed by atoms with van der Waals surface area (Å²) in [5, 5.41) is 5.00. The van der Waals surface area contributed by atoms with Crippen LogP contribution in [0.1, 0.15) is 43.5 Å². The molecule has 0 radical (unpaired) electrons. The fraction of sp³-hybridized carbons (Fsp3) is 0.500. The summed E-state index contributed by atoms with van der Waals surface area (Å²) in [6, 6.07) is 6.81. The first-order chi connectivity index (χ1) is 9.33. The first kappa shape index (κ1) is 12.5. The lowest BCUT2D eigenvalue weighted by Crippen LogP contribution is -2.25. The van der Waals surface area contributed by atoms with Crippen molar-refractivity contribution in [2.45, 2.75) is 38.6 Å². The Bertz CT molecular complexity index is 573. The number of nitrogens with one attached hydrogen (secondary N) is 2. The standard InChI is InChI=1S/C16H22N2O/c1-3-9-17-14-5-4-6-15-16(14)12-10-11(19-2)7-8-13(12)18-15/h7-8,10,14,17-18H,3-6,9H2,1-2H3. The average Bonchev–Trinajstić information content (AvgIpc) is 2.83. The Morgan fingerprint density at radius 3 is 3.11 bits per heavy atom. The van der Waals surface area contributed by atoms with Gasteiger partial charge in [-0.1, -0.05) is 6.92 Å². The van der Waals surface area contributed by atoms with Crippen molar-refractivity contribution in [2.75, 3.05) is 13.7 Å². The topological polar surface area (TPSA) is 37.0 Å². The number of benzene rings is 1. The van der Waals surface area contributed by atoms with Gasteiger partial charge in [0, 0.05) is 22.6 Å². The first-order valence-corrected chi connectivity index (χ1v) is 7.25. The lowest BCUT2D eigenvalue weighted by atomic mass is 9.90. The van der Waals surface area contributed by atoms with Crippen molar-refractivity contribution in [1.82, 2.24) is 10.3 Å². The summed E-state index contributed by atoms with van der Waals surface area (Å²) in [6.45, 7) is 3.30. The predicted octanol–water partition coefficient (Wildman–Crippen LogP) is 3.55. The summed E-state index contributed by atoms with van der Waals surface area (Å²) in [6.07, 6.45) is 4.84. The van der Waals surface area contributed by atoms with E-state index in [0.29, 0.717) is 6.04 Å². The van der Waals surface area contributed by atoms with Crippen LogP contribution >= 0.6 is 0 Å². The number of aromatic nitrogens is 1. The predicted molar refractivity (Wildman–Crippen MR) is 78.8 cm³/mol. The average molecular weight is 258 g/mol. The minimum absolute atomic E-state index is 0.490. The Morgan fingerprint density at radius 1 is 1.42 bits per heavy atom. The second kappa shape index (κ2) is 5.25. The quantitative estimate of drug-likeness (QED) is 0.880. The molecule has 3 nitrogen and oxygen atoms in total. The summed E-state index contributed by atoms with van der Waals surface area (Å²) in [4.78, 5) is 3.58. The van der Waals surface area contributed by atoms with Gasteiger partial charge in [0.1, 0.15) is 5.75 Å². The number of hydrogen-bond donors (Lipinski definition) is 2. The van der Waals surface area contributed by atoms with Crippen molar-refractivity contribution in [3.8, 4) is 5.75 Å². The number of ether oxygens (including phenoxy) is 1. The Kier molecular flexibility index (Phi) is 3.47. The fourth-order valence-electron chi connectivity index (χ4n) is 3.12. The van der Waals surface area contributed by atoms with Crippen LogP contribution in [0.25, 0.3) is 10.9 Å². The van der Waals surface area contributed by atoms with E-state index in [1.54, 1.807) is 7.11 Å². The highest BCUT2D eigenvalue weighted by atomic mass is 16.5. The number of hydrogen-bond acceptors (Lipinski definition) is 2. The van der Waals surface area contributed by atoms with Crippen molar-refractivity contribution < 1.29 is 4.74 Å². The smallest absolute Gasteiger partial charge is 0.119 e. The third-order valence-corrected chi connectivity index (χ3v) is 4.04. The molecule has 1 heterocycles. The van der Waals surface area contributed by atoms with Gasteiger partial charge in [0.05, 0.1) is 7.11 Å². The SMILES string of the molecule is CCCNC1CCCc2[nH]c3ccc(OC)cc3c21. The number of aromatic amines is 1. The molecule has 1 atom stereocenters. The molecule has 0 aliphatic heterocycles. The van der Waals surface area contributed by atoms with Crippen LogP contribution < -0.4 is 10.1 Å². The second-order valence-corrected chi connectivity index (χ2v) is 5.33. The van der Waals surface area contributed by atoms with E-state index in [0.717, 1.165) is 18.7 Å². The molecule has 0 amide bonds. The molecule has 0 saturated carbocycles. The largest absolute Gasteiger partial charge is 0.497 e. The van der Waals surface area contributed by atoms with Gasteiger partial charge in [-0.15, -0.1) is 0 Å². The van der Waals surface area contributed by atoms with Gasteiger partial charge in [-0.2, -0.15) is 0 Å². The maximum absolute atomic E-state index is 5.36. The molecule has 2 N–H and O–H groups in total. The van der Waals surface area contributed by atoms with Crippen LogP contribution in [0.15, 0.2) is 18.2 Å². The molecule has 1 aromatic carbocycles. The van der Waals surface area contributed by atoms with Gasteiger partial charge in [0.2, 0.25) is 0 Å². The number of rotatable bonds is 4. The molecule has 2 aromatic rings. The van der Waals surface area contributed by atoms with E-state index >= 15 is 0 Å². The van der Waals surface area contributed by atoms with Gasteiger partial charge < -0.3 is 15.0 Å².